The number of aliphatic imine (C=N–C) groups is 1. The van der Waals surface area contributed by atoms with E-state index in [1.807, 2.05) is 0 Å². The molecule has 0 spiro atoms. The average molecular weight is 504 g/mol. The highest BCUT2D eigenvalue weighted by molar-refractivity contribution is 7.80. The van der Waals surface area contributed by atoms with Crippen LogP contribution in [-0.2, 0) is 24.0 Å². The zero-order valence-corrected chi connectivity index (χ0v) is 19.6. The van der Waals surface area contributed by atoms with Gasteiger partial charge < -0.3 is 42.9 Å². The van der Waals surface area contributed by atoms with Crippen molar-refractivity contribution in [3.63, 3.8) is 0 Å². The van der Waals surface area contributed by atoms with E-state index in [2.05, 4.69) is 28.3 Å². The molecule has 1 rings (SSSR count). The van der Waals surface area contributed by atoms with Crippen molar-refractivity contribution >= 4 is 48.2 Å². The molecule has 0 aromatic heterocycles. The number of carboxylic acids is 2. The van der Waals surface area contributed by atoms with Crippen LogP contribution in [0.4, 0.5) is 0 Å². The number of carbonyl (C=O) groups excluding carboxylic acids is 3. The van der Waals surface area contributed by atoms with Crippen LogP contribution in [-0.4, -0.2) is 93.7 Å². The predicted molar refractivity (Wildman–Crippen MR) is 125 cm³/mol. The summed E-state index contributed by atoms with van der Waals surface area (Å²) < 4.78 is 0. The minimum Gasteiger partial charge on any atom is -0.481 e. The molecule has 1 heterocycles. The van der Waals surface area contributed by atoms with Crippen LogP contribution in [0.25, 0.3) is 0 Å². The van der Waals surface area contributed by atoms with E-state index in [0.717, 1.165) is 0 Å². The summed E-state index contributed by atoms with van der Waals surface area (Å²) in [5.41, 5.74) is 16.2. The van der Waals surface area contributed by atoms with Crippen molar-refractivity contribution in [3.8, 4) is 0 Å². The van der Waals surface area contributed by atoms with Gasteiger partial charge in [-0.2, -0.15) is 12.6 Å². The topological polar surface area (TPSA) is 244 Å². The maximum Gasteiger partial charge on any atom is 0.326 e. The number of carbonyl (C=O) groups is 5. The molecule has 0 radical (unpaired) electrons. The number of guanidine groups is 1. The molecule has 1 saturated heterocycles. The standard InChI is InChI=1S/C19H33N7O7S/c20-10(5-6-14(27)28)17(31)26-8-2-4-13(26)16(30)25-12(9-34)15(29)24-11(18(32)33)3-1-7-23-19(21)22/h10-13,34H,1-9,20H2,(H,24,29)(H,25,30)(H,27,28)(H,32,33)(H4,21,22,23). The average Bonchev–Trinajstić information content (AvgIpc) is 3.26. The van der Waals surface area contributed by atoms with Crippen molar-refractivity contribution in [1.29, 1.82) is 0 Å². The molecule has 4 atom stereocenters. The Morgan fingerprint density at radius 2 is 1.76 bits per heavy atom. The van der Waals surface area contributed by atoms with Crippen molar-refractivity contribution < 1.29 is 34.2 Å². The lowest BCUT2D eigenvalue weighted by atomic mass is 10.1. The number of likely N-dealkylation sites (tertiary alicyclic amines) is 1. The Labute approximate surface area is 202 Å². The second kappa shape index (κ2) is 14.2. The highest BCUT2D eigenvalue weighted by Crippen LogP contribution is 2.19. The largest absolute Gasteiger partial charge is 0.481 e. The third kappa shape index (κ3) is 9.43. The van der Waals surface area contributed by atoms with Crippen LogP contribution in [0.5, 0.6) is 0 Å². The zero-order valence-electron chi connectivity index (χ0n) is 18.7. The molecule has 0 aromatic rings. The summed E-state index contributed by atoms with van der Waals surface area (Å²) in [6, 6.07) is -4.32. The summed E-state index contributed by atoms with van der Waals surface area (Å²) in [6.45, 7) is 0.459. The second-order valence-corrected chi connectivity index (χ2v) is 8.19. The van der Waals surface area contributed by atoms with Gasteiger partial charge in [-0.3, -0.25) is 24.2 Å². The molecule has 192 valence electrons. The van der Waals surface area contributed by atoms with E-state index < -0.39 is 53.8 Å². The van der Waals surface area contributed by atoms with E-state index in [4.69, 9.17) is 22.3 Å². The first-order valence-electron chi connectivity index (χ1n) is 10.8. The molecule has 0 bridgehead atoms. The van der Waals surface area contributed by atoms with Gasteiger partial charge in [0.15, 0.2) is 5.96 Å². The Bertz CT molecular complexity index is 791. The Kier molecular flexibility index (Phi) is 12.1. The van der Waals surface area contributed by atoms with Gasteiger partial charge >= 0.3 is 11.9 Å². The Morgan fingerprint density at radius 1 is 1.09 bits per heavy atom. The molecular weight excluding hydrogens is 470 g/mol. The van der Waals surface area contributed by atoms with Crippen LogP contribution < -0.4 is 27.8 Å². The number of nitrogens with zero attached hydrogens (tertiary/aromatic N) is 2. The molecule has 1 aliphatic heterocycles. The number of hydrogen-bond acceptors (Lipinski definition) is 8. The molecule has 3 amide bonds. The first kappa shape index (κ1) is 29.0. The van der Waals surface area contributed by atoms with Crippen LogP contribution in [0.15, 0.2) is 4.99 Å². The minimum atomic E-state index is -1.26. The summed E-state index contributed by atoms with van der Waals surface area (Å²) >= 11 is 4.07. The Morgan fingerprint density at radius 3 is 2.32 bits per heavy atom. The van der Waals surface area contributed by atoms with Gasteiger partial charge in [-0.15, -0.1) is 0 Å². The van der Waals surface area contributed by atoms with Crippen molar-refractivity contribution in [2.45, 2.75) is 62.7 Å². The van der Waals surface area contributed by atoms with Crippen molar-refractivity contribution in [2.24, 2.45) is 22.2 Å². The van der Waals surface area contributed by atoms with Gasteiger partial charge in [-0.25, -0.2) is 4.79 Å². The molecule has 0 aliphatic carbocycles. The van der Waals surface area contributed by atoms with E-state index >= 15 is 0 Å². The highest BCUT2D eigenvalue weighted by atomic mass is 32.1. The zero-order chi connectivity index (χ0) is 25.8. The number of amides is 3. The number of nitrogens with one attached hydrogen (secondary N) is 2. The van der Waals surface area contributed by atoms with Gasteiger partial charge in [-0.05, 0) is 32.1 Å². The van der Waals surface area contributed by atoms with Crippen LogP contribution in [0, 0.1) is 0 Å². The minimum absolute atomic E-state index is 0.0597. The normalized spacial score (nSPS) is 17.8. The molecule has 4 unspecified atom stereocenters. The van der Waals surface area contributed by atoms with Crippen molar-refractivity contribution in [2.75, 3.05) is 18.8 Å². The van der Waals surface area contributed by atoms with E-state index in [1.165, 1.54) is 4.90 Å². The van der Waals surface area contributed by atoms with Gasteiger partial charge in [0.25, 0.3) is 0 Å². The van der Waals surface area contributed by atoms with Crippen LogP contribution in [0.3, 0.4) is 0 Å². The molecule has 10 N–H and O–H groups in total. The second-order valence-electron chi connectivity index (χ2n) is 7.82. The summed E-state index contributed by atoms with van der Waals surface area (Å²) in [6.07, 6.45) is 0.881. The lowest BCUT2D eigenvalue weighted by Gasteiger charge is -2.28. The number of nitrogens with two attached hydrogens (primary N) is 3. The smallest absolute Gasteiger partial charge is 0.326 e. The third-order valence-electron chi connectivity index (χ3n) is 5.20. The van der Waals surface area contributed by atoms with Gasteiger partial charge in [-0.1, -0.05) is 0 Å². The summed E-state index contributed by atoms with van der Waals surface area (Å²) in [7, 11) is 0. The lowest BCUT2D eigenvalue weighted by Crippen LogP contribution is -2.57. The summed E-state index contributed by atoms with van der Waals surface area (Å²) in [5.74, 6) is -4.48. The molecule has 15 heteroatoms. The number of thiol groups is 1. The van der Waals surface area contributed by atoms with E-state index in [-0.39, 0.29) is 44.1 Å². The Hall–Kier alpha value is -3.07. The molecule has 0 saturated carbocycles. The van der Waals surface area contributed by atoms with E-state index in [1.54, 1.807) is 0 Å². The number of rotatable bonds is 14. The fraction of sp³-hybridized carbons (Fsp3) is 0.684. The summed E-state index contributed by atoms with van der Waals surface area (Å²) in [4.78, 5) is 65.2. The molecule has 0 aromatic carbocycles. The molecule has 1 aliphatic rings. The quantitative estimate of drug-likeness (QED) is 0.0524. The van der Waals surface area contributed by atoms with Crippen molar-refractivity contribution in [1.82, 2.24) is 15.5 Å². The first-order chi connectivity index (χ1) is 16.0. The summed E-state index contributed by atoms with van der Waals surface area (Å²) in [5, 5.41) is 23.0. The molecule has 1 fully saturated rings. The van der Waals surface area contributed by atoms with Gasteiger partial charge in [0.1, 0.15) is 18.1 Å². The van der Waals surface area contributed by atoms with Crippen molar-refractivity contribution in [3.05, 3.63) is 0 Å². The number of aliphatic carboxylic acids is 2. The fourth-order valence-electron chi connectivity index (χ4n) is 3.41. The van der Waals surface area contributed by atoms with Gasteiger partial charge in [0.2, 0.25) is 17.7 Å². The Balaban J connectivity index is 2.73. The SMILES string of the molecule is NC(N)=NCCCC(NC(=O)C(CS)NC(=O)C1CCCN1C(=O)C(N)CCC(=O)O)C(=O)O. The molecule has 14 nitrogen and oxygen atoms in total. The third-order valence-corrected chi connectivity index (χ3v) is 5.57. The molecule has 34 heavy (non-hydrogen) atoms. The number of carboxylic acid groups (broad SMARTS) is 2. The van der Waals surface area contributed by atoms with Crippen LogP contribution in [0.1, 0.15) is 38.5 Å². The van der Waals surface area contributed by atoms with Crippen LogP contribution >= 0.6 is 12.6 Å². The highest BCUT2D eigenvalue weighted by Gasteiger charge is 2.37. The maximum absolute atomic E-state index is 12.8. The maximum atomic E-state index is 12.8. The first-order valence-corrected chi connectivity index (χ1v) is 11.4. The number of hydrogen-bond donors (Lipinski definition) is 8. The predicted octanol–water partition coefficient (Wildman–Crippen LogP) is -2.79. The fourth-order valence-corrected chi connectivity index (χ4v) is 3.67. The lowest BCUT2D eigenvalue weighted by molar-refractivity contribution is -0.143. The monoisotopic (exact) mass is 503 g/mol. The van der Waals surface area contributed by atoms with Crippen LogP contribution in [0.2, 0.25) is 0 Å². The van der Waals surface area contributed by atoms with E-state index in [9.17, 15) is 29.1 Å². The molecular formula is C19H33N7O7S. The van der Waals surface area contributed by atoms with Gasteiger partial charge in [0.05, 0.1) is 6.04 Å². The van der Waals surface area contributed by atoms with E-state index in [0.29, 0.717) is 19.3 Å². The van der Waals surface area contributed by atoms with Gasteiger partial charge in [0, 0.05) is 25.3 Å².